The van der Waals surface area contributed by atoms with Gasteiger partial charge in [-0.1, -0.05) is 23.6 Å². The van der Waals surface area contributed by atoms with Gasteiger partial charge in [-0.05, 0) is 31.2 Å². The van der Waals surface area contributed by atoms with E-state index in [1.165, 1.54) is 4.88 Å². The molecule has 1 aliphatic carbocycles. The zero-order valence-corrected chi connectivity index (χ0v) is 16.3. The maximum atomic E-state index is 14.0. The molecule has 1 saturated carbocycles. The minimum atomic E-state index is -1.03. The van der Waals surface area contributed by atoms with Crippen molar-refractivity contribution in [1.82, 2.24) is 4.98 Å². The molecule has 0 saturated heterocycles. The summed E-state index contributed by atoms with van der Waals surface area (Å²) in [7, 11) is 0. The smallest absolute Gasteiger partial charge is 0.177 e. The van der Waals surface area contributed by atoms with Gasteiger partial charge in [-0.15, -0.1) is 17.3 Å². The Bertz CT molecular complexity index is 1020. The number of pyridine rings is 1. The lowest BCUT2D eigenvalue weighted by atomic mass is 9.97. The van der Waals surface area contributed by atoms with E-state index in [1.807, 2.05) is 11.4 Å². The van der Waals surface area contributed by atoms with E-state index in [0.29, 0.717) is 47.0 Å². The predicted octanol–water partition coefficient (Wildman–Crippen LogP) is 5.07. The Kier molecular flexibility index (Phi) is 5.09. The first kappa shape index (κ1) is 18.3. The number of thiophene rings is 1. The molecule has 0 unspecified atom stereocenters. The predicted molar refractivity (Wildman–Crippen MR) is 108 cm³/mol. The van der Waals surface area contributed by atoms with Crippen LogP contribution in [-0.4, -0.2) is 17.2 Å². The van der Waals surface area contributed by atoms with E-state index in [-0.39, 0.29) is 5.92 Å². The summed E-state index contributed by atoms with van der Waals surface area (Å²) in [4.78, 5) is 5.62. The molecular formula is C20H19ClFN3OS. The van der Waals surface area contributed by atoms with Crippen LogP contribution in [0, 0.1) is 11.8 Å². The SMILES string of the molecule is CC#Cc1c([C@H]2CC[C@@H](F)[C@@H]2N)oc2c(NCc3cccs3)cc(Cl)nc12. The molecule has 140 valence electrons. The molecule has 0 amide bonds. The van der Waals surface area contributed by atoms with Crippen LogP contribution in [0.15, 0.2) is 28.0 Å². The number of fused-ring (bicyclic) bond motifs is 1. The van der Waals surface area contributed by atoms with Crippen LogP contribution in [0.25, 0.3) is 11.1 Å². The van der Waals surface area contributed by atoms with E-state index >= 15 is 0 Å². The second kappa shape index (κ2) is 7.51. The van der Waals surface area contributed by atoms with Gasteiger partial charge in [0.15, 0.2) is 5.58 Å². The third-order valence-corrected chi connectivity index (χ3v) is 5.96. The van der Waals surface area contributed by atoms with Gasteiger partial charge in [0.1, 0.15) is 22.6 Å². The van der Waals surface area contributed by atoms with Crippen molar-refractivity contribution in [2.45, 2.75) is 44.4 Å². The second-order valence-corrected chi connectivity index (χ2v) is 8.02. The molecule has 3 aromatic rings. The molecule has 7 heteroatoms. The Balaban J connectivity index is 1.80. The van der Waals surface area contributed by atoms with Gasteiger partial charge in [0.25, 0.3) is 0 Å². The molecule has 0 bridgehead atoms. The van der Waals surface area contributed by atoms with Crippen molar-refractivity contribution in [3.05, 3.63) is 44.9 Å². The lowest BCUT2D eigenvalue weighted by Gasteiger charge is -2.14. The molecule has 4 rings (SSSR count). The van der Waals surface area contributed by atoms with Crippen LogP contribution in [0.5, 0.6) is 0 Å². The summed E-state index contributed by atoms with van der Waals surface area (Å²) in [6.45, 7) is 2.39. The lowest BCUT2D eigenvalue weighted by molar-refractivity contribution is 0.300. The van der Waals surface area contributed by atoms with Crippen LogP contribution in [0.2, 0.25) is 5.15 Å². The lowest BCUT2D eigenvalue weighted by Crippen LogP contribution is -2.31. The van der Waals surface area contributed by atoms with Crippen molar-refractivity contribution in [3.8, 4) is 11.8 Å². The van der Waals surface area contributed by atoms with E-state index < -0.39 is 12.2 Å². The third kappa shape index (κ3) is 3.43. The number of furan rings is 1. The molecular weight excluding hydrogens is 385 g/mol. The van der Waals surface area contributed by atoms with Crippen LogP contribution in [0.3, 0.4) is 0 Å². The van der Waals surface area contributed by atoms with Gasteiger partial charge in [0, 0.05) is 29.4 Å². The monoisotopic (exact) mass is 403 g/mol. The Morgan fingerprint density at radius 1 is 1.48 bits per heavy atom. The van der Waals surface area contributed by atoms with E-state index in [4.69, 9.17) is 21.8 Å². The number of nitrogens with zero attached hydrogens (tertiary/aromatic N) is 1. The number of alkyl halides is 1. The highest BCUT2D eigenvalue weighted by atomic mass is 35.5. The first-order valence-corrected chi connectivity index (χ1v) is 10.1. The number of nitrogens with two attached hydrogens (primary N) is 1. The highest BCUT2D eigenvalue weighted by Crippen LogP contribution is 2.42. The topological polar surface area (TPSA) is 64.1 Å². The van der Waals surface area contributed by atoms with Crippen molar-refractivity contribution >= 4 is 39.7 Å². The molecule has 3 atom stereocenters. The summed E-state index contributed by atoms with van der Waals surface area (Å²) in [5, 5.41) is 5.74. The zero-order valence-electron chi connectivity index (χ0n) is 14.8. The van der Waals surface area contributed by atoms with Gasteiger partial charge in [0.2, 0.25) is 0 Å². The minimum absolute atomic E-state index is 0.214. The number of halogens is 2. The van der Waals surface area contributed by atoms with Gasteiger partial charge in [-0.3, -0.25) is 0 Å². The number of hydrogen-bond donors (Lipinski definition) is 2. The van der Waals surface area contributed by atoms with Crippen LogP contribution in [0.4, 0.5) is 10.1 Å². The fourth-order valence-electron chi connectivity index (χ4n) is 3.57. The number of nitrogens with one attached hydrogen (secondary N) is 1. The van der Waals surface area contributed by atoms with Crippen molar-refractivity contribution in [3.63, 3.8) is 0 Å². The maximum Gasteiger partial charge on any atom is 0.177 e. The van der Waals surface area contributed by atoms with E-state index in [1.54, 1.807) is 24.3 Å². The van der Waals surface area contributed by atoms with Crippen molar-refractivity contribution < 1.29 is 8.81 Å². The molecule has 0 spiro atoms. The Morgan fingerprint density at radius 2 is 2.33 bits per heavy atom. The van der Waals surface area contributed by atoms with Gasteiger partial charge >= 0.3 is 0 Å². The zero-order chi connectivity index (χ0) is 19.0. The highest BCUT2D eigenvalue weighted by molar-refractivity contribution is 7.09. The molecule has 3 N–H and O–H groups in total. The van der Waals surface area contributed by atoms with Crippen molar-refractivity contribution in [2.75, 3.05) is 5.32 Å². The third-order valence-electron chi connectivity index (χ3n) is 4.89. The van der Waals surface area contributed by atoms with E-state index in [2.05, 4.69) is 28.2 Å². The van der Waals surface area contributed by atoms with Crippen LogP contribution in [-0.2, 0) is 6.54 Å². The molecule has 4 nitrogen and oxygen atoms in total. The van der Waals surface area contributed by atoms with Crippen molar-refractivity contribution in [2.24, 2.45) is 5.73 Å². The Hall–Kier alpha value is -2.07. The number of rotatable bonds is 4. The molecule has 3 aromatic heterocycles. The van der Waals surface area contributed by atoms with Crippen LogP contribution in [0.1, 0.15) is 41.9 Å². The van der Waals surface area contributed by atoms with Gasteiger partial charge in [0.05, 0.1) is 11.3 Å². The average Bonchev–Trinajstić information content (AvgIpc) is 3.35. The molecule has 1 aliphatic rings. The van der Waals surface area contributed by atoms with E-state index in [9.17, 15) is 4.39 Å². The largest absolute Gasteiger partial charge is 0.455 e. The second-order valence-electron chi connectivity index (χ2n) is 6.60. The maximum absolute atomic E-state index is 14.0. The summed E-state index contributed by atoms with van der Waals surface area (Å²) >= 11 is 7.92. The summed E-state index contributed by atoms with van der Waals surface area (Å²) < 4.78 is 20.2. The first-order chi connectivity index (χ1) is 13.1. The summed E-state index contributed by atoms with van der Waals surface area (Å²) in [6.07, 6.45) is 0.0322. The van der Waals surface area contributed by atoms with Gasteiger partial charge in [-0.25, -0.2) is 9.37 Å². The molecule has 3 heterocycles. The summed E-state index contributed by atoms with van der Waals surface area (Å²) in [6, 6.07) is 5.20. The van der Waals surface area contributed by atoms with Gasteiger partial charge in [-0.2, -0.15) is 0 Å². The molecule has 0 aromatic carbocycles. The summed E-state index contributed by atoms with van der Waals surface area (Å²) in [5.74, 6) is 6.36. The first-order valence-electron chi connectivity index (χ1n) is 8.80. The standard InChI is InChI=1S/C20H19ClFN3OS/c1-2-4-13-18-20(26-19(13)12-6-7-14(22)17(12)23)15(9-16(21)25-18)24-10-11-5-3-8-27-11/h3,5,8-9,12,14,17H,6-7,10,23H2,1H3,(H,24,25)/t12-,14+,17+/m0/s1. The van der Waals surface area contributed by atoms with Crippen molar-refractivity contribution in [1.29, 1.82) is 0 Å². The highest BCUT2D eigenvalue weighted by Gasteiger charge is 2.38. The van der Waals surface area contributed by atoms with Crippen LogP contribution >= 0.6 is 22.9 Å². The fraction of sp³-hybridized carbons (Fsp3) is 0.350. The minimum Gasteiger partial charge on any atom is -0.455 e. The number of aromatic nitrogens is 1. The van der Waals surface area contributed by atoms with Gasteiger partial charge < -0.3 is 15.5 Å². The molecule has 27 heavy (non-hydrogen) atoms. The average molecular weight is 404 g/mol. The molecule has 1 fully saturated rings. The number of anilines is 1. The summed E-state index contributed by atoms with van der Waals surface area (Å²) in [5.41, 5.74) is 8.66. The quantitative estimate of drug-likeness (QED) is 0.471. The number of hydrogen-bond acceptors (Lipinski definition) is 5. The fourth-order valence-corrected chi connectivity index (χ4v) is 4.41. The van der Waals surface area contributed by atoms with Crippen LogP contribution < -0.4 is 11.1 Å². The Labute approximate surface area is 165 Å². The molecule has 0 radical (unpaired) electrons. The molecule has 0 aliphatic heterocycles. The Morgan fingerprint density at radius 3 is 3.00 bits per heavy atom. The normalized spacial score (nSPS) is 22.0. The van der Waals surface area contributed by atoms with E-state index in [0.717, 1.165) is 5.69 Å².